The van der Waals surface area contributed by atoms with Gasteiger partial charge in [0.2, 0.25) is 5.91 Å². The van der Waals surface area contributed by atoms with Crippen LogP contribution in [0, 0.1) is 6.92 Å². The van der Waals surface area contributed by atoms with Crippen LogP contribution in [0.1, 0.15) is 30.3 Å². The number of hydrogen-bond acceptors (Lipinski definition) is 5. The second kappa shape index (κ2) is 8.61. The molecular weight excluding hydrogens is 382 g/mol. The van der Waals surface area contributed by atoms with Crippen molar-refractivity contribution in [3.63, 3.8) is 0 Å². The van der Waals surface area contributed by atoms with Gasteiger partial charge in [0, 0.05) is 6.04 Å². The Morgan fingerprint density at radius 1 is 1.24 bits per heavy atom. The van der Waals surface area contributed by atoms with Crippen molar-refractivity contribution < 1.29 is 4.79 Å². The predicted molar refractivity (Wildman–Crippen MR) is 115 cm³/mol. The molecule has 0 spiro atoms. The number of hydrogen-bond donors (Lipinski definition) is 0. The molecule has 0 fully saturated rings. The summed E-state index contributed by atoms with van der Waals surface area (Å²) in [6.45, 7) is 5.74. The van der Waals surface area contributed by atoms with E-state index in [4.69, 9.17) is 0 Å². The van der Waals surface area contributed by atoms with E-state index in [2.05, 4.69) is 46.2 Å². The number of nitrogens with zero attached hydrogens (tertiary/aromatic N) is 5. The molecule has 3 aromatic rings. The number of aromatic nitrogens is 4. The molecule has 1 aliphatic heterocycles. The van der Waals surface area contributed by atoms with Crippen LogP contribution in [0.2, 0.25) is 0 Å². The van der Waals surface area contributed by atoms with Gasteiger partial charge in [-0.3, -0.25) is 4.79 Å². The lowest BCUT2D eigenvalue weighted by molar-refractivity contribution is -0.132. The van der Waals surface area contributed by atoms with E-state index in [1.807, 2.05) is 48.2 Å². The molecule has 6 nitrogen and oxygen atoms in total. The molecule has 0 bridgehead atoms. The van der Waals surface area contributed by atoms with Gasteiger partial charge in [0.15, 0.2) is 11.5 Å². The summed E-state index contributed by atoms with van der Waals surface area (Å²) < 4.78 is 1.70. The first kappa shape index (κ1) is 19.4. The van der Waals surface area contributed by atoms with Crippen molar-refractivity contribution in [3.8, 4) is 0 Å². The molecule has 4 rings (SSSR count). The van der Waals surface area contributed by atoms with Crippen molar-refractivity contribution in [1.29, 1.82) is 0 Å². The Morgan fingerprint density at radius 2 is 2.07 bits per heavy atom. The van der Waals surface area contributed by atoms with Crippen molar-refractivity contribution in [2.75, 3.05) is 5.75 Å². The maximum atomic E-state index is 13.3. The molecule has 0 N–H and O–H groups in total. The molecule has 29 heavy (non-hydrogen) atoms. The van der Waals surface area contributed by atoms with Crippen molar-refractivity contribution in [3.05, 3.63) is 78.7 Å². The third-order valence-electron chi connectivity index (χ3n) is 5.03. The summed E-state index contributed by atoms with van der Waals surface area (Å²) in [5.74, 6) is 1.15. The topological polar surface area (TPSA) is 63.4 Å². The molecule has 0 unspecified atom stereocenters. The van der Waals surface area contributed by atoms with Crippen LogP contribution in [0.4, 0.5) is 0 Å². The number of carbonyl (C=O) groups excluding carboxylic acids is 1. The summed E-state index contributed by atoms with van der Waals surface area (Å²) in [7, 11) is 0. The zero-order valence-corrected chi connectivity index (χ0v) is 17.1. The predicted octanol–water partition coefficient (Wildman–Crippen LogP) is 4.00. The highest BCUT2D eigenvalue weighted by Gasteiger charge is 2.31. The highest BCUT2D eigenvalue weighted by molar-refractivity contribution is 7.99. The molecule has 2 aromatic heterocycles. The molecule has 0 aliphatic carbocycles. The lowest BCUT2D eigenvalue weighted by Crippen LogP contribution is -2.44. The molecule has 148 valence electrons. The van der Waals surface area contributed by atoms with Crippen LogP contribution in [0.5, 0.6) is 0 Å². The number of amides is 1. The van der Waals surface area contributed by atoms with Gasteiger partial charge in [0.25, 0.3) is 0 Å². The minimum atomic E-state index is -0.0569. The quantitative estimate of drug-likeness (QED) is 0.458. The summed E-state index contributed by atoms with van der Waals surface area (Å²) >= 11 is 1.44. The molecule has 1 aromatic carbocycles. The average molecular weight is 406 g/mol. The van der Waals surface area contributed by atoms with E-state index < -0.39 is 0 Å². The van der Waals surface area contributed by atoms with Gasteiger partial charge in [0.05, 0.1) is 11.8 Å². The fourth-order valence-electron chi connectivity index (χ4n) is 3.65. The summed E-state index contributed by atoms with van der Waals surface area (Å²) in [6, 6.07) is 14.0. The van der Waals surface area contributed by atoms with Gasteiger partial charge in [-0.25, -0.2) is 0 Å². The lowest BCUT2D eigenvalue weighted by Gasteiger charge is -2.39. The van der Waals surface area contributed by atoms with Crippen LogP contribution < -0.4 is 0 Å². The van der Waals surface area contributed by atoms with E-state index in [0.717, 1.165) is 29.3 Å². The van der Waals surface area contributed by atoms with Crippen molar-refractivity contribution in [2.45, 2.75) is 36.9 Å². The maximum absolute atomic E-state index is 13.3. The van der Waals surface area contributed by atoms with Crippen LogP contribution >= 0.6 is 11.8 Å². The highest BCUT2D eigenvalue weighted by Crippen LogP contribution is 2.32. The van der Waals surface area contributed by atoms with Crippen LogP contribution in [0.3, 0.4) is 0 Å². The number of aryl methyl sites for hydroxylation is 1. The second-order valence-electron chi connectivity index (χ2n) is 6.98. The van der Waals surface area contributed by atoms with Gasteiger partial charge in [-0.15, -0.1) is 16.8 Å². The minimum absolute atomic E-state index is 0.0569. The molecule has 1 aliphatic rings. The van der Waals surface area contributed by atoms with E-state index in [1.54, 1.807) is 4.52 Å². The molecule has 0 saturated carbocycles. The van der Waals surface area contributed by atoms with Gasteiger partial charge in [-0.2, -0.15) is 9.61 Å². The first-order valence-electron chi connectivity index (χ1n) is 9.63. The summed E-state index contributed by atoms with van der Waals surface area (Å²) in [5, 5.41) is 13.4. The third-order valence-corrected chi connectivity index (χ3v) is 5.93. The maximum Gasteiger partial charge on any atom is 0.234 e. The van der Waals surface area contributed by atoms with Gasteiger partial charge >= 0.3 is 0 Å². The fourth-order valence-corrected chi connectivity index (χ4v) is 4.37. The van der Waals surface area contributed by atoms with Gasteiger partial charge in [-0.1, -0.05) is 60.3 Å². The van der Waals surface area contributed by atoms with E-state index in [1.165, 1.54) is 11.8 Å². The Kier molecular flexibility index (Phi) is 5.76. The average Bonchev–Trinajstić information content (AvgIpc) is 3.13. The van der Waals surface area contributed by atoms with Gasteiger partial charge < -0.3 is 4.90 Å². The first-order chi connectivity index (χ1) is 14.2. The third kappa shape index (κ3) is 4.10. The SMILES string of the molecule is C=CC[C@@H]1CC=C[C@@H](c2ccccc2)N1C(=O)CSc1ccc2nnc(C)n2n1. The normalized spacial score (nSPS) is 18.9. The Bertz CT molecular complexity index is 1050. The van der Waals surface area contributed by atoms with E-state index >= 15 is 0 Å². The highest BCUT2D eigenvalue weighted by atomic mass is 32.2. The summed E-state index contributed by atoms with van der Waals surface area (Å²) in [5.41, 5.74) is 1.82. The molecular formula is C22H23N5OS. The monoisotopic (exact) mass is 405 g/mol. The Balaban J connectivity index is 1.54. The fraction of sp³-hybridized carbons (Fsp3) is 0.273. The van der Waals surface area contributed by atoms with Gasteiger partial charge in [-0.05, 0) is 37.5 Å². The standard InChI is InChI=1S/C22H23N5OS/c1-3-8-18-11-7-12-19(17-9-5-4-6-10-17)26(18)22(28)15-29-21-14-13-20-24-23-16(2)27(20)25-21/h3-7,9-10,12-14,18-19H,1,8,11,15H2,2H3/t18-,19+/m1/s1. The largest absolute Gasteiger partial charge is 0.328 e. The molecule has 0 saturated heterocycles. The molecule has 7 heteroatoms. The van der Waals surface area contributed by atoms with Crippen LogP contribution in [-0.2, 0) is 4.79 Å². The first-order valence-corrected chi connectivity index (χ1v) is 10.6. The Hall–Kier alpha value is -2.93. The van der Waals surface area contributed by atoms with Crippen molar-refractivity contribution in [1.82, 2.24) is 24.7 Å². The number of thioether (sulfide) groups is 1. The number of rotatable bonds is 6. The van der Waals surface area contributed by atoms with Gasteiger partial charge in [0.1, 0.15) is 5.03 Å². The van der Waals surface area contributed by atoms with E-state index in [0.29, 0.717) is 11.4 Å². The molecule has 1 amide bonds. The van der Waals surface area contributed by atoms with Crippen LogP contribution in [0.15, 0.2) is 72.3 Å². The summed E-state index contributed by atoms with van der Waals surface area (Å²) in [4.78, 5) is 15.3. The van der Waals surface area contributed by atoms with E-state index in [9.17, 15) is 4.79 Å². The van der Waals surface area contributed by atoms with E-state index in [-0.39, 0.29) is 18.0 Å². The molecule has 0 radical (unpaired) electrons. The lowest BCUT2D eigenvalue weighted by atomic mass is 9.95. The van der Waals surface area contributed by atoms with Crippen molar-refractivity contribution >= 4 is 23.3 Å². The second-order valence-corrected chi connectivity index (χ2v) is 7.97. The molecule has 2 atom stereocenters. The Labute approximate surface area is 174 Å². The van der Waals surface area contributed by atoms with Crippen molar-refractivity contribution in [2.24, 2.45) is 0 Å². The van der Waals surface area contributed by atoms with Crippen LogP contribution in [0.25, 0.3) is 5.65 Å². The zero-order valence-electron chi connectivity index (χ0n) is 16.3. The summed E-state index contributed by atoms with van der Waals surface area (Å²) in [6.07, 6.45) is 7.81. The number of fused-ring (bicyclic) bond motifs is 1. The minimum Gasteiger partial charge on any atom is -0.328 e. The zero-order chi connectivity index (χ0) is 20.2. The Morgan fingerprint density at radius 3 is 2.86 bits per heavy atom. The smallest absolute Gasteiger partial charge is 0.234 e. The molecule has 3 heterocycles. The number of benzene rings is 1. The van der Waals surface area contributed by atoms with Crippen LogP contribution in [-0.4, -0.2) is 42.4 Å². The number of carbonyl (C=O) groups is 1.